The molecule has 1 aromatic heterocycles. The Hall–Kier alpha value is -4.48. The lowest BCUT2D eigenvalue weighted by atomic mass is 9.74. The number of hydrogen-bond acceptors (Lipinski definition) is 4. The highest BCUT2D eigenvalue weighted by atomic mass is 32.1. The molecule has 0 unspecified atom stereocenters. The van der Waals surface area contributed by atoms with E-state index < -0.39 is 0 Å². The molecule has 2 heterocycles. The molecule has 0 amide bonds. The van der Waals surface area contributed by atoms with Crippen LogP contribution in [0, 0.1) is 0 Å². The van der Waals surface area contributed by atoms with Gasteiger partial charge in [0.25, 0.3) is 0 Å². The largest absolute Gasteiger partial charge is 0.301 e. The van der Waals surface area contributed by atoms with Crippen LogP contribution in [-0.4, -0.2) is 19.4 Å². The number of para-hydroxylation sites is 1. The molecule has 0 N–H and O–H groups in total. The van der Waals surface area contributed by atoms with Crippen LogP contribution in [0.2, 0.25) is 0 Å². The fourth-order valence-electron chi connectivity index (χ4n) is 7.06. The van der Waals surface area contributed by atoms with E-state index in [0.717, 1.165) is 21.3 Å². The average molecular weight is 618 g/mol. The lowest BCUT2D eigenvalue weighted by molar-refractivity contribution is 0.0990. The average Bonchev–Trinajstić information content (AvgIpc) is 3.56. The Labute approximate surface area is 277 Å². The maximum Gasteiger partial charge on any atom is 0.197 e. The first kappa shape index (κ1) is 30.2. The van der Waals surface area contributed by atoms with Crippen LogP contribution in [0.1, 0.15) is 101 Å². The molecule has 226 valence electrons. The van der Waals surface area contributed by atoms with E-state index in [0.29, 0.717) is 28.4 Å². The summed E-state index contributed by atoms with van der Waals surface area (Å²) in [5, 5.41) is 1.09. The van der Waals surface area contributed by atoms with Crippen LogP contribution in [0.3, 0.4) is 0 Å². The third-order valence-electron chi connectivity index (χ3n) is 9.50. The Morgan fingerprint density at radius 3 is 2.09 bits per heavy atom. The van der Waals surface area contributed by atoms with Gasteiger partial charge in [0, 0.05) is 27.1 Å². The van der Waals surface area contributed by atoms with E-state index in [-0.39, 0.29) is 22.6 Å². The van der Waals surface area contributed by atoms with Gasteiger partial charge in [0.2, 0.25) is 0 Å². The van der Waals surface area contributed by atoms with Crippen molar-refractivity contribution in [2.75, 3.05) is 4.90 Å². The zero-order valence-corrected chi connectivity index (χ0v) is 28.0. The first-order chi connectivity index (χ1) is 22.0. The Morgan fingerprint density at radius 1 is 0.739 bits per heavy atom. The molecule has 1 aliphatic carbocycles. The highest BCUT2D eigenvalue weighted by molar-refractivity contribution is 7.17. The lowest BCUT2D eigenvalue weighted by Crippen LogP contribution is -2.29. The number of nitrogens with zero attached hydrogens (tertiary/aromatic N) is 1. The standard InChI is InChI=1S/C41H36BNO2S/c1-23(2)29-13-10-14-30(24(3)4)37(29)25-15-18-36-34(19-25)41(5,6)35-22-28(46-40(35)43(36)27-11-8-7-9-12-27)21-33-38(44)31-17-16-26(42)20-32(31)39(33)45/h7-24H,1-6H3/b33-21+. The number of carbonyl (C=O) groups is 2. The smallest absolute Gasteiger partial charge is 0.197 e. The summed E-state index contributed by atoms with van der Waals surface area (Å²) in [4.78, 5) is 29.9. The van der Waals surface area contributed by atoms with E-state index in [4.69, 9.17) is 7.85 Å². The van der Waals surface area contributed by atoms with E-state index in [9.17, 15) is 9.59 Å². The number of allylic oxidation sites excluding steroid dienone is 1. The van der Waals surface area contributed by atoms with E-state index >= 15 is 0 Å². The predicted molar refractivity (Wildman–Crippen MR) is 193 cm³/mol. The number of fused-ring (bicyclic) bond motifs is 3. The summed E-state index contributed by atoms with van der Waals surface area (Å²) in [5.74, 6) is 0.265. The van der Waals surface area contributed by atoms with E-state index in [1.165, 1.54) is 33.4 Å². The van der Waals surface area contributed by atoms with Crippen molar-refractivity contribution in [3.8, 4) is 11.1 Å². The first-order valence-corrected chi connectivity index (χ1v) is 16.8. The fraction of sp³-hybridized carbons (Fsp3) is 0.220. The summed E-state index contributed by atoms with van der Waals surface area (Å²) in [5.41, 5.74) is 11.0. The summed E-state index contributed by atoms with van der Waals surface area (Å²) in [6.45, 7) is 13.6. The second-order valence-electron chi connectivity index (χ2n) is 13.5. The third kappa shape index (κ3) is 4.72. The predicted octanol–water partition coefficient (Wildman–Crippen LogP) is 10.0. The van der Waals surface area contributed by atoms with Crippen LogP contribution >= 0.6 is 11.3 Å². The van der Waals surface area contributed by atoms with Gasteiger partial charge in [-0.3, -0.25) is 9.59 Å². The van der Waals surface area contributed by atoms with Crippen molar-refractivity contribution in [1.29, 1.82) is 0 Å². The maximum absolute atomic E-state index is 13.4. The topological polar surface area (TPSA) is 37.4 Å². The molecule has 1 aliphatic heterocycles. The van der Waals surface area contributed by atoms with Crippen molar-refractivity contribution in [2.24, 2.45) is 0 Å². The van der Waals surface area contributed by atoms with Gasteiger partial charge in [-0.25, -0.2) is 0 Å². The minimum atomic E-state index is -0.342. The Morgan fingerprint density at radius 2 is 1.41 bits per heavy atom. The fourth-order valence-corrected chi connectivity index (χ4v) is 8.35. The van der Waals surface area contributed by atoms with Crippen molar-refractivity contribution in [3.63, 3.8) is 0 Å². The minimum Gasteiger partial charge on any atom is -0.301 e. The van der Waals surface area contributed by atoms with Gasteiger partial charge < -0.3 is 4.90 Å². The number of Topliss-reactive ketones (excluding diaryl/α,β-unsaturated/α-hetero) is 2. The molecule has 0 atom stereocenters. The van der Waals surface area contributed by atoms with Crippen LogP contribution in [-0.2, 0) is 5.41 Å². The first-order valence-electron chi connectivity index (χ1n) is 15.9. The number of carbonyl (C=O) groups excluding carboxylic acids is 2. The second kappa shape index (κ2) is 11.1. The number of ketones is 2. The number of anilines is 3. The van der Waals surface area contributed by atoms with Crippen molar-refractivity contribution in [2.45, 2.75) is 58.8 Å². The Balaban J connectivity index is 1.41. The molecule has 2 radical (unpaired) electrons. The number of thiophene rings is 1. The van der Waals surface area contributed by atoms with Crippen molar-refractivity contribution in [3.05, 3.63) is 135 Å². The van der Waals surface area contributed by atoms with Gasteiger partial charge >= 0.3 is 0 Å². The van der Waals surface area contributed by atoms with Crippen molar-refractivity contribution in [1.82, 2.24) is 0 Å². The molecule has 0 saturated heterocycles. The third-order valence-corrected chi connectivity index (χ3v) is 10.6. The molecule has 0 spiro atoms. The van der Waals surface area contributed by atoms with Crippen LogP contribution in [0.4, 0.5) is 16.4 Å². The molecular weight excluding hydrogens is 581 g/mol. The monoisotopic (exact) mass is 617 g/mol. The van der Waals surface area contributed by atoms with Gasteiger partial charge in [-0.05, 0) is 81.6 Å². The van der Waals surface area contributed by atoms with E-state index in [1.54, 1.807) is 35.6 Å². The SMILES string of the molecule is [B]c1ccc2c(c1)C(=O)/C(=C/c1cc3c(s1)N(c1ccccc1)c1ccc(-c4c(C(C)C)cccc4C(C)C)cc1C3(C)C)C2=O. The Bertz CT molecular complexity index is 2060. The quantitative estimate of drug-likeness (QED) is 0.112. The highest BCUT2D eigenvalue weighted by Crippen LogP contribution is 2.56. The molecule has 5 aromatic rings. The van der Waals surface area contributed by atoms with Crippen LogP contribution < -0.4 is 10.4 Å². The van der Waals surface area contributed by atoms with Gasteiger partial charge in [-0.1, -0.05) is 108 Å². The normalized spacial score (nSPS) is 15.9. The van der Waals surface area contributed by atoms with Gasteiger partial charge in [0.1, 0.15) is 12.8 Å². The second-order valence-corrected chi connectivity index (χ2v) is 14.6. The Kier molecular flexibility index (Phi) is 7.29. The van der Waals surface area contributed by atoms with Crippen molar-refractivity contribution < 1.29 is 9.59 Å². The molecule has 46 heavy (non-hydrogen) atoms. The molecule has 0 saturated carbocycles. The van der Waals surface area contributed by atoms with Crippen LogP contribution in [0.15, 0.2) is 96.6 Å². The zero-order valence-electron chi connectivity index (χ0n) is 27.1. The van der Waals surface area contributed by atoms with Crippen LogP contribution in [0.25, 0.3) is 17.2 Å². The van der Waals surface area contributed by atoms with E-state index in [1.807, 2.05) is 6.07 Å². The minimum absolute atomic E-state index is 0.189. The summed E-state index contributed by atoms with van der Waals surface area (Å²) in [6.07, 6.45) is 1.77. The maximum atomic E-state index is 13.4. The molecule has 3 nitrogen and oxygen atoms in total. The molecule has 7 rings (SSSR count). The summed E-state index contributed by atoms with van der Waals surface area (Å²) >= 11 is 1.61. The molecule has 0 fully saturated rings. The molecule has 5 heteroatoms. The molecule has 0 bridgehead atoms. The zero-order chi connectivity index (χ0) is 32.5. The van der Waals surface area contributed by atoms with Crippen LogP contribution in [0.5, 0.6) is 0 Å². The van der Waals surface area contributed by atoms with Gasteiger partial charge in [-0.2, -0.15) is 0 Å². The number of hydrogen-bond donors (Lipinski definition) is 0. The molecule has 2 aliphatic rings. The van der Waals surface area contributed by atoms with Gasteiger partial charge in [-0.15, -0.1) is 11.3 Å². The highest BCUT2D eigenvalue weighted by Gasteiger charge is 2.40. The number of benzene rings is 4. The van der Waals surface area contributed by atoms with E-state index in [2.05, 4.69) is 113 Å². The number of rotatable bonds is 5. The lowest BCUT2D eigenvalue weighted by Gasteiger charge is -2.40. The summed E-state index contributed by atoms with van der Waals surface area (Å²) < 4.78 is 0. The summed E-state index contributed by atoms with van der Waals surface area (Å²) in [6, 6.07) is 31.2. The molecular formula is C41H36BNO2S. The van der Waals surface area contributed by atoms with Gasteiger partial charge in [0.05, 0.1) is 11.3 Å². The van der Waals surface area contributed by atoms with Crippen molar-refractivity contribution >= 4 is 58.7 Å². The van der Waals surface area contributed by atoms with Gasteiger partial charge in [0.15, 0.2) is 11.6 Å². The molecule has 4 aromatic carbocycles. The summed E-state index contributed by atoms with van der Waals surface area (Å²) in [7, 11) is 5.95.